The van der Waals surface area contributed by atoms with Gasteiger partial charge >= 0.3 is 0 Å². The van der Waals surface area contributed by atoms with Crippen LogP contribution >= 0.6 is 11.6 Å². The minimum absolute atomic E-state index is 0.101. The number of ether oxygens (including phenoxy) is 2. The minimum atomic E-state index is -0.101. The Bertz CT molecular complexity index is 1150. The average molecular weight is 451 g/mol. The summed E-state index contributed by atoms with van der Waals surface area (Å²) in [6.07, 6.45) is 0. The number of hydrogen-bond donors (Lipinski definition) is 0. The standard InChI is InChI=1S/C26H27ClN2O3/c1-16-12-18(3)28-25(32-15-19-8-6-5-7-9-19)21(16)14-29-13-17(2)20-10-11-22(31-4)24(27)23(20)26(29)30/h5-12,17H,13-15H2,1-4H3. The Kier molecular flexibility index (Phi) is 6.38. The fourth-order valence-corrected chi connectivity index (χ4v) is 4.55. The van der Waals surface area contributed by atoms with Gasteiger partial charge in [0.15, 0.2) is 0 Å². The second kappa shape index (κ2) is 9.21. The van der Waals surface area contributed by atoms with Crippen molar-refractivity contribution in [3.8, 4) is 11.6 Å². The molecule has 2 heterocycles. The van der Waals surface area contributed by atoms with Crippen LogP contribution in [-0.4, -0.2) is 29.4 Å². The smallest absolute Gasteiger partial charge is 0.256 e. The summed E-state index contributed by atoms with van der Waals surface area (Å²) in [5.41, 5.74) is 5.38. The van der Waals surface area contributed by atoms with Crippen LogP contribution in [0.1, 0.15) is 51.1 Å². The number of hydrogen-bond acceptors (Lipinski definition) is 4. The molecule has 5 nitrogen and oxygen atoms in total. The molecule has 4 rings (SSSR count). The summed E-state index contributed by atoms with van der Waals surface area (Å²) in [7, 11) is 1.56. The molecule has 1 aliphatic rings. The number of halogens is 1. The van der Waals surface area contributed by atoms with Crippen molar-refractivity contribution < 1.29 is 14.3 Å². The quantitative estimate of drug-likeness (QED) is 0.483. The van der Waals surface area contributed by atoms with E-state index in [-0.39, 0.29) is 11.8 Å². The monoisotopic (exact) mass is 450 g/mol. The third-order valence-corrected chi connectivity index (χ3v) is 6.26. The van der Waals surface area contributed by atoms with Gasteiger partial charge in [0.25, 0.3) is 5.91 Å². The summed E-state index contributed by atoms with van der Waals surface area (Å²) >= 11 is 6.55. The summed E-state index contributed by atoms with van der Waals surface area (Å²) in [5.74, 6) is 1.12. The molecular formula is C26H27ClN2O3. The van der Waals surface area contributed by atoms with Crippen molar-refractivity contribution in [3.05, 3.63) is 87.1 Å². The zero-order valence-corrected chi connectivity index (χ0v) is 19.6. The van der Waals surface area contributed by atoms with Gasteiger partial charge in [-0.2, -0.15) is 0 Å². The summed E-state index contributed by atoms with van der Waals surface area (Å²) in [5, 5.41) is 0.367. The van der Waals surface area contributed by atoms with E-state index in [1.807, 2.05) is 67.3 Å². The first-order valence-corrected chi connectivity index (χ1v) is 11.1. The number of pyridine rings is 1. The molecule has 2 aromatic carbocycles. The highest BCUT2D eigenvalue weighted by atomic mass is 35.5. The van der Waals surface area contributed by atoms with Crippen LogP contribution in [0.2, 0.25) is 5.02 Å². The SMILES string of the molecule is COc1ccc2c(c1Cl)C(=O)N(Cc1c(C)cc(C)nc1OCc1ccccc1)CC2C. The number of methoxy groups -OCH3 is 1. The normalized spacial score (nSPS) is 15.5. The van der Waals surface area contributed by atoms with Gasteiger partial charge in [-0.1, -0.05) is 54.9 Å². The van der Waals surface area contributed by atoms with Gasteiger partial charge in [-0.25, -0.2) is 4.98 Å². The van der Waals surface area contributed by atoms with Gasteiger partial charge in [0.1, 0.15) is 12.4 Å². The Morgan fingerprint density at radius 1 is 1.16 bits per heavy atom. The van der Waals surface area contributed by atoms with Gasteiger partial charge in [0.2, 0.25) is 5.88 Å². The molecule has 1 atom stereocenters. The third-order valence-electron chi connectivity index (χ3n) is 5.89. The highest BCUT2D eigenvalue weighted by Crippen LogP contribution is 2.39. The number of carbonyl (C=O) groups excluding carboxylic acids is 1. The first-order chi connectivity index (χ1) is 15.4. The van der Waals surface area contributed by atoms with Crippen molar-refractivity contribution in [2.45, 2.75) is 39.8 Å². The zero-order valence-electron chi connectivity index (χ0n) is 18.8. The maximum atomic E-state index is 13.4. The van der Waals surface area contributed by atoms with Crippen molar-refractivity contribution >= 4 is 17.5 Å². The van der Waals surface area contributed by atoms with E-state index in [9.17, 15) is 4.79 Å². The topological polar surface area (TPSA) is 51.7 Å². The molecule has 1 aromatic heterocycles. The molecule has 6 heteroatoms. The Labute approximate surface area is 193 Å². The van der Waals surface area contributed by atoms with E-state index in [0.717, 1.165) is 27.9 Å². The second-order valence-electron chi connectivity index (χ2n) is 8.27. The molecule has 0 bridgehead atoms. The summed E-state index contributed by atoms with van der Waals surface area (Å²) < 4.78 is 11.5. The number of fused-ring (bicyclic) bond motifs is 1. The van der Waals surface area contributed by atoms with Gasteiger partial charge in [-0.05, 0) is 48.6 Å². The third kappa shape index (κ3) is 4.30. The van der Waals surface area contributed by atoms with Crippen LogP contribution in [0.3, 0.4) is 0 Å². The lowest BCUT2D eigenvalue weighted by Crippen LogP contribution is -2.39. The highest BCUT2D eigenvalue weighted by molar-refractivity contribution is 6.35. The average Bonchev–Trinajstić information content (AvgIpc) is 2.78. The maximum Gasteiger partial charge on any atom is 0.256 e. The molecule has 0 spiro atoms. The van der Waals surface area contributed by atoms with Crippen LogP contribution in [0.4, 0.5) is 0 Å². The van der Waals surface area contributed by atoms with Gasteiger partial charge in [-0.15, -0.1) is 0 Å². The Balaban J connectivity index is 1.65. The molecule has 0 aliphatic carbocycles. The number of amides is 1. The van der Waals surface area contributed by atoms with Gasteiger partial charge in [0.05, 0.1) is 24.2 Å². The second-order valence-corrected chi connectivity index (χ2v) is 8.65. The van der Waals surface area contributed by atoms with Crippen molar-refractivity contribution in [1.82, 2.24) is 9.88 Å². The number of carbonyl (C=O) groups is 1. The predicted octanol–water partition coefficient (Wildman–Crippen LogP) is 5.70. The Hall–Kier alpha value is -3.05. The zero-order chi connectivity index (χ0) is 22.8. The van der Waals surface area contributed by atoms with Crippen molar-refractivity contribution in [2.24, 2.45) is 0 Å². The molecule has 0 N–H and O–H groups in total. The lowest BCUT2D eigenvalue weighted by atomic mass is 9.90. The lowest BCUT2D eigenvalue weighted by molar-refractivity contribution is 0.0708. The maximum absolute atomic E-state index is 13.4. The van der Waals surface area contributed by atoms with Crippen molar-refractivity contribution in [3.63, 3.8) is 0 Å². The first-order valence-electron chi connectivity index (χ1n) is 10.7. The van der Waals surface area contributed by atoms with Crippen LogP contribution in [0.25, 0.3) is 0 Å². The van der Waals surface area contributed by atoms with E-state index in [1.54, 1.807) is 7.11 Å². The van der Waals surface area contributed by atoms with Crippen LogP contribution in [0, 0.1) is 13.8 Å². The molecule has 166 valence electrons. The summed E-state index contributed by atoms with van der Waals surface area (Å²) in [4.78, 5) is 19.9. The van der Waals surface area contributed by atoms with Crippen molar-refractivity contribution in [1.29, 1.82) is 0 Å². The van der Waals surface area contributed by atoms with E-state index in [1.165, 1.54) is 0 Å². The number of nitrogens with zero attached hydrogens (tertiary/aromatic N) is 2. The molecule has 0 saturated heterocycles. The van der Waals surface area contributed by atoms with Crippen LogP contribution in [0.15, 0.2) is 48.5 Å². The van der Waals surface area contributed by atoms with Gasteiger partial charge in [-0.3, -0.25) is 4.79 Å². The number of aromatic nitrogens is 1. The largest absolute Gasteiger partial charge is 0.495 e. The Morgan fingerprint density at radius 3 is 2.62 bits per heavy atom. The molecular weight excluding hydrogens is 424 g/mol. The van der Waals surface area contributed by atoms with E-state index in [2.05, 4.69) is 11.9 Å². The van der Waals surface area contributed by atoms with Gasteiger partial charge < -0.3 is 14.4 Å². The molecule has 1 amide bonds. The van der Waals surface area contributed by atoms with E-state index >= 15 is 0 Å². The van der Waals surface area contributed by atoms with Crippen LogP contribution < -0.4 is 9.47 Å². The molecule has 0 saturated carbocycles. The van der Waals surface area contributed by atoms with Gasteiger partial charge in [0, 0.05) is 17.8 Å². The number of aryl methyl sites for hydroxylation is 2. The molecule has 0 fully saturated rings. The molecule has 32 heavy (non-hydrogen) atoms. The molecule has 1 unspecified atom stereocenters. The van der Waals surface area contributed by atoms with Crippen LogP contribution in [-0.2, 0) is 13.2 Å². The first kappa shape index (κ1) is 22.2. The minimum Gasteiger partial charge on any atom is -0.495 e. The van der Waals surface area contributed by atoms with E-state index in [4.69, 9.17) is 21.1 Å². The lowest BCUT2D eigenvalue weighted by Gasteiger charge is -2.34. The number of rotatable bonds is 6. The van der Waals surface area contributed by atoms with E-state index in [0.29, 0.717) is 41.9 Å². The fraction of sp³-hybridized carbons (Fsp3) is 0.308. The molecule has 3 aromatic rings. The Morgan fingerprint density at radius 2 is 1.91 bits per heavy atom. The molecule has 0 radical (unpaired) electrons. The molecule has 1 aliphatic heterocycles. The summed E-state index contributed by atoms with van der Waals surface area (Å²) in [6, 6.07) is 15.8. The van der Waals surface area contributed by atoms with Crippen molar-refractivity contribution in [2.75, 3.05) is 13.7 Å². The summed E-state index contributed by atoms with van der Waals surface area (Å²) in [6.45, 7) is 7.50. The predicted molar refractivity (Wildman–Crippen MR) is 126 cm³/mol. The van der Waals surface area contributed by atoms with E-state index < -0.39 is 0 Å². The highest BCUT2D eigenvalue weighted by Gasteiger charge is 2.33. The van der Waals surface area contributed by atoms with Crippen LogP contribution in [0.5, 0.6) is 11.6 Å². The fourth-order valence-electron chi connectivity index (χ4n) is 4.22. The number of benzene rings is 2.